The number of likely N-dealkylation sites (N-methyl/N-ethyl adjacent to an activating group) is 1. The van der Waals surface area contributed by atoms with Crippen LogP contribution in [0.2, 0.25) is 0 Å². The molecule has 1 heterocycles. The van der Waals surface area contributed by atoms with E-state index in [-0.39, 0.29) is 6.61 Å². The van der Waals surface area contributed by atoms with Crippen LogP contribution in [0.15, 0.2) is 12.4 Å². The topological polar surface area (TPSA) is 61.3 Å². The van der Waals surface area contributed by atoms with Crippen LogP contribution in [-0.2, 0) is 6.54 Å². The smallest absolute Gasteiger partial charge is 0.144 e. The van der Waals surface area contributed by atoms with Crippen LogP contribution in [0, 0.1) is 0 Å². The summed E-state index contributed by atoms with van der Waals surface area (Å²) in [6.07, 6.45) is 4.59. The van der Waals surface area contributed by atoms with Crippen molar-refractivity contribution in [3.63, 3.8) is 0 Å². The van der Waals surface area contributed by atoms with Crippen LogP contribution in [0.1, 0.15) is 19.0 Å². The Morgan fingerprint density at radius 1 is 1.38 bits per heavy atom. The maximum absolute atomic E-state index is 8.77. The van der Waals surface area contributed by atoms with Gasteiger partial charge >= 0.3 is 0 Å². The lowest BCUT2D eigenvalue weighted by Gasteiger charge is -2.14. The van der Waals surface area contributed by atoms with Gasteiger partial charge in [-0.15, -0.1) is 0 Å². The molecule has 0 spiro atoms. The molecule has 0 aliphatic heterocycles. The monoisotopic (exact) mass is 224 g/mol. The fraction of sp³-hybridized carbons (Fsp3) is 0.636. The van der Waals surface area contributed by atoms with E-state index in [0.29, 0.717) is 13.1 Å². The number of aliphatic hydroxyl groups excluding tert-OH is 1. The molecule has 0 aliphatic carbocycles. The van der Waals surface area contributed by atoms with Gasteiger partial charge in [-0.2, -0.15) is 0 Å². The van der Waals surface area contributed by atoms with Gasteiger partial charge in [0.2, 0.25) is 0 Å². The van der Waals surface area contributed by atoms with E-state index in [2.05, 4.69) is 22.2 Å². The molecule has 0 atom stereocenters. The highest BCUT2D eigenvalue weighted by Gasteiger charge is 2.01. The van der Waals surface area contributed by atoms with Crippen LogP contribution in [0.4, 0.5) is 5.82 Å². The second-order valence-corrected chi connectivity index (χ2v) is 3.78. The molecule has 16 heavy (non-hydrogen) atoms. The summed E-state index contributed by atoms with van der Waals surface area (Å²) in [5.41, 5.74) is 0.915. The first-order valence-corrected chi connectivity index (χ1v) is 5.60. The Labute approximate surface area is 96.5 Å². The number of hydrogen-bond donors (Lipinski definition) is 2. The Kier molecular flexibility index (Phi) is 5.74. The van der Waals surface area contributed by atoms with E-state index in [9.17, 15) is 0 Å². The zero-order valence-electron chi connectivity index (χ0n) is 9.98. The zero-order chi connectivity index (χ0) is 11.8. The minimum absolute atomic E-state index is 0.167. The minimum Gasteiger partial charge on any atom is -0.395 e. The van der Waals surface area contributed by atoms with Crippen LogP contribution in [0.3, 0.4) is 0 Å². The summed E-state index contributed by atoms with van der Waals surface area (Å²) in [7, 11) is 1.95. The molecule has 1 aromatic heterocycles. The fourth-order valence-electron chi connectivity index (χ4n) is 1.31. The number of aromatic nitrogens is 2. The maximum atomic E-state index is 8.77. The summed E-state index contributed by atoms with van der Waals surface area (Å²) in [5.74, 6) is 0.815. The van der Waals surface area contributed by atoms with Gasteiger partial charge in [0.25, 0.3) is 0 Å². The molecule has 1 aromatic rings. The lowest BCUT2D eigenvalue weighted by Crippen LogP contribution is -2.22. The highest BCUT2D eigenvalue weighted by Crippen LogP contribution is 2.03. The SMILES string of the molecule is CCCNc1cnc(CN(C)CCO)cn1. The van der Waals surface area contributed by atoms with E-state index in [4.69, 9.17) is 5.11 Å². The van der Waals surface area contributed by atoms with E-state index in [1.165, 1.54) is 0 Å². The van der Waals surface area contributed by atoms with Crippen molar-refractivity contribution < 1.29 is 5.11 Å². The van der Waals surface area contributed by atoms with Gasteiger partial charge < -0.3 is 10.4 Å². The van der Waals surface area contributed by atoms with Gasteiger partial charge in [0, 0.05) is 19.6 Å². The summed E-state index contributed by atoms with van der Waals surface area (Å²) in [5, 5.41) is 11.9. The van der Waals surface area contributed by atoms with Gasteiger partial charge in [0.1, 0.15) is 5.82 Å². The number of rotatable bonds is 7. The van der Waals surface area contributed by atoms with Crippen LogP contribution in [0.5, 0.6) is 0 Å². The molecule has 0 amide bonds. The van der Waals surface area contributed by atoms with Gasteiger partial charge in [0.05, 0.1) is 24.7 Å². The summed E-state index contributed by atoms with van der Waals surface area (Å²) in [6.45, 7) is 4.55. The summed E-state index contributed by atoms with van der Waals surface area (Å²) >= 11 is 0. The Morgan fingerprint density at radius 3 is 2.75 bits per heavy atom. The first kappa shape index (κ1) is 12.9. The number of nitrogens with zero attached hydrogens (tertiary/aromatic N) is 3. The average Bonchev–Trinajstić information content (AvgIpc) is 2.28. The standard InChI is InChI=1S/C11H20N4O/c1-3-4-12-11-8-13-10(7-14-11)9-15(2)5-6-16/h7-8,16H,3-6,9H2,1-2H3,(H,12,14). The highest BCUT2D eigenvalue weighted by atomic mass is 16.3. The number of aliphatic hydroxyl groups is 1. The molecule has 0 radical (unpaired) electrons. The second-order valence-electron chi connectivity index (χ2n) is 3.78. The normalized spacial score (nSPS) is 10.8. The van der Waals surface area contributed by atoms with Crippen LogP contribution in [0.25, 0.3) is 0 Å². The molecule has 2 N–H and O–H groups in total. The lowest BCUT2D eigenvalue weighted by molar-refractivity contribution is 0.216. The zero-order valence-corrected chi connectivity index (χ0v) is 9.98. The van der Waals surface area contributed by atoms with Crippen LogP contribution in [-0.4, -0.2) is 46.7 Å². The second kappa shape index (κ2) is 7.14. The van der Waals surface area contributed by atoms with Crippen molar-refractivity contribution in [3.8, 4) is 0 Å². The van der Waals surface area contributed by atoms with Gasteiger partial charge in [-0.25, -0.2) is 4.98 Å². The highest BCUT2D eigenvalue weighted by molar-refractivity contribution is 5.30. The molecule has 0 aromatic carbocycles. The Hall–Kier alpha value is -1.20. The Morgan fingerprint density at radius 2 is 2.19 bits per heavy atom. The lowest BCUT2D eigenvalue weighted by atomic mass is 10.4. The molecule has 1 rings (SSSR count). The van der Waals surface area contributed by atoms with Gasteiger partial charge in [0.15, 0.2) is 0 Å². The minimum atomic E-state index is 0.167. The molecule has 0 unspecified atom stereocenters. The molecular formula is C11H20N4O. The Balaban J connectivity index is 2.44. The van der Waals surface area contributed by atoms with E-state index in [1.807, 2.05) is 11.9 Å². The van der Waals surface area contributed by atoms with Crippen molar-refractivity contribution in [3.05, 3.63) is 18.1 Å². The maximum Gasteiger partial charge on any atom is 0.144 e. The molecular weight excluding hydrogens is 204 g/mol. The molecule has 0 bridgehead atoms. The van der Waals surface area contributed by atoms with Crippen LogP contribution >= 0.6 is 0 Å². The predicted octanol–water partition coefficient (Wildman–Crippen LogP) is 0.723. The van der Waals surface area contributed by atoms with Crippen LogP contribution < -0.4 is 5.32 Å². The van der Waals surface area contributed by atoms with Crippen molar-refractivity contribution in [2.24, 2.45) is 0 Å². The number of hydrogen-bond acceptors (Lipinski definition) is 5. The van der Waals surface area contributed by atoms with Crippen molar-refractivity contribution in [1.29, 1.82) is 0 Å². The van der Waals surface area contributed by atoms with Gasteiger partial charge in [-0.1, -0.05) is 6.92 Å². The van der Waals surface area contributed by atoms with E-state index >= 15 is 0 Å². The first-order chi connectivity index (χ1) is 7.76. The predicted molar refractivity (Wildman–Crippen MR) is 64.2 cm³/mol. The van der Waals surface area contributed by atoms with E-state index in [1.54, 1.807) is 12.4 Å². The molecule has 0 aliphatic rings. The third kappa shape index (κ3) is 4.55. The molecule has 90 valence electrons. The summed E-state index contributed by atoms with van der Waals surface area (Å²) in [4.78, 5) is 10.6. The third-order valence-electron chi connectivity index (χ3n) is 2.18. The number of nitrogens with one attached hydrogen (secondary N) is 1. The fourth-order valence-corrected chi connectivity index (χ4v) is 1.31. The summed E-state index contributed by atoms with van der Waals surface area (Å²) < 4.78 is 0. The van der Waals surface area contributed by atoms with E-state index < -0.39 is 0 Å². The van der Waals surface area contributed by atoms with Gasteiger partial charge in [-0.05, 0) is 13.5 Å². The molecule has 5 heteroatoms. The molecule has 0 saturated heterocycles. The van der Waals surface area contributed by atoms with Crippen molar-refractivity contribution in [1.82, 2.24) is 14.9 Å². The van der Waals surface area contributed by atoms with Crippen molar-refractivity contribution in [2.45, 2.75) is 19.9 Å². The first-order valence-electron chi connectivity index (χ1n) is 5.60. The van der Waals surface area contributed by atoms with Crippen molar-refractivity contribution in [2.75, 3.05) is 32.1 Å². The Bertz CT molecular complexity index is 289. The number of anilines is 1. The third-order valence-corrected chi connectivity index (χ3v) is 2.18. The largest absolute Gasteiger partial charge is 0.395 e. The van der Waals surface area contributed by atoms with Gasteiger partial charge in [-0.3, -0.25) is 9.88 Å². The molecule has 5 nitrogen and oxygen atoms in total. The van der Waals surface area contributed by atoms with E-state index in [0.717, 1.165) is 24.5 Å². The average molecular weight is 224 g/mol. The van der Waals surface area contributed by atoms with Crippen molar-refractivity contribution >= 4 is 5.82 Å². The molecule has 0 saturated carbocycles. The molecule has 0 fully saturated rings. The quantitative estimate of drug-likeness (QED) is 0.714. The summed E-state index contributed by atoms with van der Waals surface area (Å²) in [6, 6.07) is 0.